The molecule has 7 heteroatoms. The number of likely N-dealkylation sites (tertiary alicyclic amines) is 1. The lowest BCUT2D eigenvalue weighted by molar-refractivity contribution is -0.140. The first-order chi connectivity index (χ1) is 16.2. The molecule has 1 aromatic heterocycles. The van der Waals surface area contributed by atoms with E-state index in [1.807, 2.05) is 25.7 Å². The number of aromatic nitrogens is 2. The van der Waals surface area contributed by atoms with E-state index in [1.54, 1.807) is 7.11 Å². The van der Waals surface area contributed by atoms with Crippen molar-refractivity contribution in [1.82, 2.24) is 14.7 Å². The summed E-state index contributed by atoms with van der Waals surface area (Å²) in [6.45, 7) is 24.1. The highest BCUT2D eigenvalue weighted by atomic mass is 16.5. The molecule has 1 spiro atoms. The van der Waals surface area contributed by atoms with Crippen LogP contribution in [-0.2, 0) is 9.53 Å². The quantitative estimate of drug-likeness (QED) is 0.486. The molecule has 3 rings (SSSR count). The highest BCUT2D eigenvalue weighted by Crippen LogP contribution is 2.54. The SMILES string of the molecule is CCC.CCN(c1cc(C)n(C2CC3(C2)CN(C=O)C3)n1)C(C)(C)CC(C)CO.COC(C)(C)C. The van der Waals surface area contributed by atoms with E-state index in [4.69, 9.17) is 9.84 Å². The van der Waals surface area contributed by atoms with Crippen molar-refractivity contribution >= 4 is 12.2 Å². The van der Waals surface area contributed by atoms with Crippen LogP contribution in [-0.4, -0.2) is 70.7 Å². The lowest BCUT2D eigenvalue weighted by Crippen LogP contribution is -2.61. The fourth-order valence-corrected chi connectivity index (χ4v) is 5.16. The summed E-state index contributed by atoms with van der Waals surface area (Å²) < 4.78 is 7.13. The first-order valence-electron chi connectivity index (χ1n) is 13.4. The number of carbonyl (C=O) groups excluding carboxylic acids is 1. The van der Waals surface area contributed by atoms with Gasteiger partial charge in [-0.05, 0) is 73.6 Å². The Hall–Kier alpha value is -1.60. The third kappa shape index (κ3) is 8.78. The number of ether oxygens (including phenoxy) is 1. The Morgan fingerprint density at radius 3 is 2.14 bits per heavy atom. The van der Waals surface area contributed by atoms with Crippen molar-refractivity contribution < 1.29 is 14.6 Å². The molecule has 1 atom stereocenters. The summed E-state index contributed by atoms with van der Waals surface area (Å²) in [5.74, 6) is 1.30. The van der Waals surface area contributed by atoms with Gasteiger partial charge in [-0.1, -0.05) is 27.2 Å². The van der Waals surface area contributed by atoms with Gasteiger partial charge in [0.1, 0.15) is 0 Å². The van der Waals surface area contributed by atoms with Crippen LogP contribution in [0, 0.1) is 18.3 Å². The number of amides is 1. The lowest BCUT2D eigenvalue weighted by atomic mass is 9.61. The van der Waals surface area contributed by atoms with E-state index in [0.717, 1.165) is 51.1 Å². The van der Waals surface area contributed by atoms with Crippen molar-refractivity contribution in [2.24, 2.45) is 11.3 Å². The highest BCUT2D eigenvalue weighted by molar-refractivity contribution is 5.50. The maximum Gasteiger partial charge on any atom is 0.209 e. The summed E-state index contributed by atoms with van der Waals surface area (Å²) in [7, 11) is 1.71. The molecular weight excluding hydrogens is 440 g/mol. The number of hydrogen-bond acceptors (Lipinski definition) is 5. The van der Waals surface area contributed by atoms with Gasteiger partial charge in [-0.3, -0.25) is 9.48 Å². The molecule has 0 radical (unpaired) electrons. The average molecular weight is 495 g/mol. The molecule has 204 valence electrons. The molecule has 1 saturated heterocycles. The smallest absolute Gasteiger partial charge is 0.209 e. The van der Waals surface area contributed by atoms with Crippen molar-refractivity contribution in [1.29, 1.82) is 0 Å². The molecule has 1 aliphatic carbocycles. The fraction of sp³-hybridized carbons (Fsp3) is 0.857. The number of methoxy groups -OCH3 is 1. The van der Waals surface area contributed by atoms with Crippen molar-refractivity contribution in [2.45, 2.75) is 112 Å². The summed E-state index contributed by atoms with van der Waals surface area (Å²) in [4.78, 5) is 15.0. The third-order valence-electron chi connectivity index (χ3n) is 6.91. The van der Waals surface area contributed by atoms with Gasteiger partial charge >= 0.3 is 0 Å². The normalized spacial score (nSPS) is 17.9. The van der Waals surface area contributed by atoms with Gasteiger partial charge in [0.25, 0.3) is 0 Å². The van der Waals surface area contributed by atoms with E-state index < -0.39 is 0 Å². The fourth-order valence-electron chi connectivity index (χ4n) is 5.16. The van der Waals surface area contributed by atoms with Crippen LogP contribution in [0.3, 0.4) is 0 Å². The predicted octanol–water partition coefficient (Wildman–Crippen LogP) is 5.46. The van der Waals surface area contributed by atoms with Crippen LogP contribution < -0.4 is 4.90 Å². The van der Waals surface area contributed by atoms with Gasteiger partial charge in [-0.25, -0.2) is 0 Å². The van der Waals surface area contributed by atoms with Gasteiger partial charge in [0.15, 0.2) is 5.82 Å². The van der Waals surface area contributed by atoms with Gasteiger partial charge in [-0.2, -0.15) is 5.10 Å². The van der Waals surface area contributed by atoms with E-state index >= 15 is 0 Å². The first kappa shape index (κ1) is 31.4. The molecule has 2 aliphatic rings. The second-order valence-electron chi connectivity index (χ2n) is 12.2. The Morgan fingerprint density at radius 1 is 1.23 bits per heavy atom. The Kier molecular flexibility index (Phi) is 11.8. The van der Waals surface area contributed by atoms with Crippen LogP contribution in [0.2, 0.25) is 0 Å². The van der Waals surface area contributed by atoms with Gasteiger partial charge in [0.2, 0.25) is 6.41 Å². The molecule has 0 bridgehead atoms. The number of hydrogen-bond donors (Lipinski definition) is 1. The molecule has 1 amide bonds. The maximum atomic E-state index is 10.8. The molecule has 35 heavy (non-hydrogen) atoms. The van der Waals surface area contributed by atoms with Crippen LogP contribution in [0.4, 0.5) is 5.82 Å². The van der Waals surface area contributed by atoms with Crippen molar-refractivity contribution in [2.75, 3.05) is 38.3 Å². The second-order valence-corrected chi connectivity index (χ2v) is 12.2. The molecule has 2 heterocycles. The Bertz CT molecular complexity index is 755. The number of carbonyl (C=O) groups is 1. The zero-order valence-corrected chi connectivity index (χ0v) is 24.5. The Labute approximate surface area is 215 Å². The molecule has 2 fully saturated rings. The summed E-state index contributed by atoms with van der Waals surface area (Å²) in [6, 6.07) is 2.65. The number of aliphatic hydroxyl groups is 1. The summed E-state index contributed by atoms with van der Waals surface area (Å²) in [6.07, 6.45) is 5.38. The van der Waals surface area contributed by atoms with Crippen LogP contribution in [0.1, 0.15) is 99.7 Å². The van der Waals surface area contributed by atoms with Crippen LogP contribution in [0.5, 0.6) is 0 Å². The Balaban J connectivity index is 0.000000586. The van der Waals surface area contributed by atoms with E-state index in [1.165, 1.54) is 12.1 Å². The number of aliphatic hydroxyl groups excluding tert-OH is 1. The molecule has 1 saturated carbocycles. The van der Waals surface area contributed by atoms with E-state index in [-0.39, 0.29) is 23.7 Å². The summed E-state index contributed by atoms with van der Waals surface area (Å²) in [5.41, 5.74) is 1.54. The minimum absolute atomic E-state index is 0.0417. The minimum atomic E-state index is -0.0538. The van der Waals surface area contributed by atoms with E-state index in [0.29, 0.717) is 11.5 Å². The summed E-state index contributed by atoms with van der Waals surface area (Å²) in [5, 5.41) is 14.4. The van der Waals surface area contributed by atoms with Gasteiger partial charge < -0.3 is 19.6 Å². The van der Waals surface area contributed by atoms with Gasteiger partial charge in [-0.15, -0.1) is 0 Å². The minimum Gasteiger partial charge on any atom is -0.396 e. The van der Waals surface area contributed by atoms with Crippen LogP contribution >= 0.6 is 0 Å². The number of aryl methyl sites for hydroxylation is 1. The largest absolute Gasteiger partial charge is 0.396 e. The first-order valence-corrected chi connectivity index (χ1v) is 13.4. The monoisotopic (exact) mass is 494 g/mol. The molecule has 7 nitrogen and oxygen atoms in total. The number of rotatable bonds is 8. The molecule has 0 aromatic carbocycles. The maximum absolute atomic E-state index is 10.8. The zero-order valence-electron chi connectivity index (χ0n) is 24.5. The van der Waals surface area contributed by atoms with Crippen molar-refractivity contribution in [3.8, 4) is 0 Å². The van der Waals surface area contributed by atoms with Gasteiger partial charge in [0.05, 0.1) is 11.6 Å². The van der Waals surface area contributed by atoms with Crippen molar-refractivity contribution in [3.63, 3.8) is 0 Å². The zero-order chi connectivity index (χ0) is 27.0. The number of nitrogens with zero attached hydrogens (tertiary/aromatic N) is 4. The predicted molar refractivity (Wildman–Crippen MR) is 146 cm³/mol. The van der Waals surface area contributed by atoms with Gasteiger partial charge in [0, 0.05) is 56.1 Å². The van der Waals surface area contributed by atoms with E-state index in [2.05, 4.69) is 64.1 Å². The molecule has 1 aromatic rings. The lowest BCUT2D eigenvalue weighted by Gasteiger charge is -2.58. The topological polar surface area (TPSA) is 70.8 Å². The molecule has 1 N–H and O–H groups in total. The third-order valence-corrected chi connectivity index (χ3v) is 6.91. The van der Waals surface area contributed by atoms with E-state index in [9.17, 15) is 9.90 Å². The highest BCUT2D eigenvalue weighted by Gasteiger charge is 2.53. The summed E-state index contributed by atoms with van der Waals surface area (Å²) >= 11 is 0. The standard InChI is InChI=1S/C20H34N4O2.C5H12O.C3H8/c1-6-23(19(4,5)8-15(2)11-25)18-7-16(3)24(21-18)17-9-20(10-17)12-22(13-20)14-26;1-5(2,3)6-4;1-3-2/h7,14-15,17,25H,6,8-13H2,1-5H3;1-4H3;3H2,1-2H3. The average Bonchev–Trinajstić information content (AvgIpc) is 3.07. The van der Waals surface area contributed by atoms with Crippen molar-refractivity contribution in [3.05, 3.63) is 11.8 Å². The van der Waals surface area contributed by atoms with Crippen LogP contribution in [0.15, 0.2) is 6.07 Å². The second kappa shape index (κ2) is 13.1. The molecule has 1 aliphatic heterocycles. The Morgan fingerprint density at radius 2 is 1.74 bits per heavy atom. The van der Waals surface area contributed by atoms with Crippen LogP contribution in [0.25, 0.3) is 0 Å². The molecule has 1 unspecified atom stereocenters. The number of anilines is 1. The molecular formula is C28H54N4O3.